The first-order chi connectivity index (χ1) is 9.24. The first-order valence-corrected chi connectivity index (χ1v) is 6.70. The lowest BCUT2D eigenvalue weighted by Crippen LogP contribution is -2.17. The van der Waals surface area contributed by atoms with E-state index in [9.17, 15) is 0 Å². The highest BCUT2D eigenvalue weighted by molar-refractivity contribution is 7.80. The largest absolute Gasteiger partial charge is 0.493 e. The van der Waals surface area contributed by atoms with Crippen molar-refractivity contribution in [2.75, 3.05) is 6.61 Å². The fourth-order valence-corrected chi connectivity index (χ4v) is 2.53. The van der Waals surface area contributed by atoms with Gasteiger partial charge in [-0.15, -0.1) is 0 Å². The van der Waals surface area contributed by atoms with E-state index in [0.29, 0.717) is 10.8 Å². The molecule has 0 saturated heterocycles. The fraction of sp³-hybridized carbons (Fsp3) is 0.286. The molecule has 3 rings (SSSR count). The molecule has 0 radical (unpaired) electrons. The van der Waals surface area contributed by atoms with Gasteiger partial charge in [0.15, 0.2) is 5.82 Å². The van der Waals surface area contributed by atoms with E-state index in [1.54, 1.807) is 6.20 Å². The van der Waals surface area contributed by atoms with Crippen LogP contribution in [0, 0.1) is 0 Å². The number of thiocarbonyl (C=S) groups is 1. The Morgan fingerprint density at radius 2 is 2.37 bits per heavy atom. The van der Waals surface area contributed by atoms with E-state index in [1.807, 2.05) is 10.8 Å². The number of aryl methyl sites for hydroxylation is 2. The number of fused-ring (bicyclic) bond motifs is 1. The van der Waals surface area contributed by atoms with Gasteiger partial charge in [0.1, 0.15) is 10.7 Å². The molecule has 4 nitrogen and oxygen atoms in total. The van der Waals surface area contributed by atoms with Gasteiger partial charge in [0.25, 0.3) is 0 Å². The zero-order chi connectivity index (χ0) is 13.2. The Hall–Kier alpha value is -1.88. The van der Waals surface area contributed by atoms with Crippen LogP contribution in [0.2, 0.25) is 0 Å². The van der Waals surface area contributed by atoms with E-state index in [-0.39, 0.29) is 0 Å². The number of hydrogen-bond acceptors (Lipinski definition) is 3. The Bertz CT molecular complexity index is 621. The molecule has 0 spiro atoms. The minimum absolute atomic E-state index is 0.340. The summed E-state index contributed by atoms with van der Waals surface area (Å²) in [6.45, 7) is 1.62. The third kappa shape index (κ3) is 2.46. The second-order valence-corrected chi connectivity index (χ2v) is 5.04. The van der Waals surface area contributed by atoms with Gasteiger partial charge in [0.2, 0.25) is 0 Å². The molecule has 1 aromatic carbocycles. The van der Waals surface area contributed by atoms with Crippen molar-refractivity contribution in [1.82, 2.24) is 9.55 Å². The molecule has 2 aromatic rings. The van der Waals surface area contributed by atoms with Gasteiger partial charge in [0.05, 0.1) is 6.61 Å². The summed E-state index contributed by atoms with van der Waals surface area (Å²) in [5.41, 5.74) is 8.23. The van der Waals surface area contributed by atoms with Crippen LogP contribution < -0.4 is 10.5 Å². The second kappa shape index (κ2) is 5.01. The van der Waals surface area contributed by atoms with E-state index < -0.39 is 0 Å². The highest BCUT2D eigenvalue weighted by Crippen LogP contribution is 2.26. The summed E-state index contributed by atoms with van der Waals surface area (Å²) < 4.78 is 7.50. The first kappa shape index (κ1) is 12.2. The number of benzene rings is 1. The predicted octanol–water partition coefficient (Wildman–Crippen LogP) is 1.69. The Kier molecular flexibility index (Phi) is 3.21. The lowest BCUT2D eigenvalue weighted by atomic mass is 10.1. The SMILES string of the molecule is NC(=S)c1nccn1CCc1ccc2c(c1)CCO2. The molecule has 0 bridgehead atoms. The van der Waals surface area contributed by atoms with Gasteiger partial charge < -0.3 is 15.0 Å². The number of nitrogens with two attached hydrogens (primary N) is 1. The van der Waals surface area contributed by atoms with Crippen molar-refractivity contribution < 1.29 is 4.74 Å². The number of rotatable bonds is 4. The van der Waals surface area contributed by atoms with Crippen LogP contribution in [-0.2, 0) is 19.4 Å². The predicted molar refractivity (Wildman–Crippen MR) is 77.5 cm³/mol. The van der Waals surface area contributed by atoms with Gasteiger partial charge in [-0.1, -0.05) is 24.4 Å². The van der Waals surface area contributed by atoms with E-state index in [1.165, 1.54) is 11.1 Å². The molecule has 0 saturated carbocycles. The molecule has 0 aliphatic carbocycles. The molecule has 98 valence electrons. The molecule has 1 aliphatic rings. The molecule has 1 aromatic heterocycles. The quantitative estimate of drug-likeness (QED) is 0.861. The Balaban J connectivity index is 1.72. The normalized spacial score (nSPS) is 13.1. The van der Waals surface area contributed by atoms with Crippen LogP contribution in [0.4, 0.5) is 0 Å². The highest BCUT2D eigenvalue weighted by Gasteiger charge is 2.12. The molecule has 2 N–H and O–H groups in total. The molecule has 1 aliphatic heterocycles. The number of ether oxygens (including phenoxy) is 1. The van der Waals surface area contributed by atoms with Crippen molar-refractivity contribution in [2.24, 2.45) is 5.73 Å². The van der Waals surface area contributed by atoms with Crippen LogP contribution in [0.25, 0.3) is 0 Å². The third-order valence-electron chi connectivity index (χ3n) is 3.33. The molecule has 2 heterocycles. The molecule has 0 amide bonds. The summed E-state index contributed by atoms with van der Waals surface area (Å²) in [5, 5.41) is 0. The molecule has 5 heteroatoms. The van der Waals surface area contributed by atoms with Gasteiger partial charge in [0, 0.05) is 25.4 Å². The summed E-state index contributed by atoms with van der Waals surface area (Å²) in [6.07, 6.45) is 5.57. The number of aromatic nitrogens is 2. The minimum atomic E-state index is 0.340. The van der Waals surface area contributed by atoms with Gasteiger partial charge in [-0.25, -0.2) is 4.98 Å². The molecule has 0 unspecified atom stereocenters. The van der Waals surface area contributed by atoms with Crippen molar-refractivity contribution >= 4 is 17.2 Å². The van der Waals surface area contributed by atoms with Crippen LogP contribution >= 0.6 is 12.2 Å². The smallest absolute Gasteiger partial charge is 0.167 e. The summed E-state index contributed by atoms with van der Waals surface area (Å²) in [6, 6.07) is 6.39. The minimum Gasteiger partial charge on any atom is -0.493 e. The van der Waals surface area contributed by atoms with E-state index in [0.717, 1.165) is 31.7 Å². The van der Waals surface area contributed by atoms with Crippen molar-refractivity contribution in [3.8, 4) is 5.75 Å². The maximum atomic E-state index is 5.63. The Labute approximate surface area is 117 Å². The monoisotopic (exact) mass is 273 g/mol. The number of imidazole rings is 1. The Morgan fingerprint density at radius 1 is 1.47 bits per heavy atom. The highest BCUT2D eigenvalue weighted by atomic mass is 32.1. The molecular weight excluding hydrogens is 258 g/mol. The van der Waals surface area contributed by atoms with E-state index in [2.05, 4.69) is 23.2 Å². The summed E-state index contributed by atoms with van der Waals surface area (Å²) in [7, 11) is 0. The van der Waals surface area contributed by atoms with Crippen LogP contribution in [0.3, 0.4) is 0 Å². The Morgan fingerprint density at radius 3 is 3.21 bits per heavy atom. The fourth-order valence-electron chi connectivity index (χ4n) is 2.36. The third-order valence-corrected chi connectivity index (χ3v) is 3.51. The number of nitrogens with zero attached hydrogens (tertiary/aromatic N) is 2. The maximum Gasteiger partial charge on any atom is 0.167 e. The van der Waals surface area contributed by atoms with Gasteiger partial charge >= 0.3 is 0 Å². The van der Waals surface area contributed by atoms with E-state index >= 15 is 0 Å². The summed E-state index contributed by atoms with van der Waals surface area (Å²) >= 11 is 4.98. The molecule has 19 heavy (non-hydrogen) atoms. The van der Waals surface area contributed by atoms with Crippen molar-refractivity contribution in [1.29, 1.82) is 0 Å². The van der Waals surface area contributed by atoms with Gasteiger partial charge in [-0.2, -0.15) is 0 Å². The van der Waals surface area contributed by atoms with Crippen molar-refractivity contribution in [2.45, 2.75) is 19.4 Å². The maximum absolute atomic E-state index is 5.63. The first-order valence-electron chi connectivity index (χ1n) is 6.29. The van der Waals surface area contributed by atoms with Crippen LogP contribution in [-0.4, -0.2) is 21.1 Å². The number of hydrogen-bond donors (Lipinski definition) is 1. The molecule has 0 fully saturated rings. The lowest BCUT2D eigenvalue weighted by Gasteiger charge is -2.08. The zero-order valence-electron chi connectivity index (χ0n) is 10.5. The van der Waals surface area contributed by atoms with Crippen LogP contribution in [0.5, 0.6) is 5.75 Å². The van der Waals surface area contributed by atoms with Crippen molar-refractivity contribution in [3.05, 3.63) is 47.5 Å². The van der Waals surface area contributed by atoms with Crippen LogP contribution in [0.15, 0.2) is 30.6 Å². The van der Waals surface area contributed by atoms with Crippen molar-refractivity contribution in [3.63, 3.8) is 0 Å². The average molecular weight is 273 g/mol. The summed E-state index contributed by atoms with van der Waals surface area (Å²) in [5.74, 6) is 1.70. The zero-order valence-corrected chi connectivity index (χ0v) is 11.3. The van der Waals surface area contributed by atoms with Gasteiger partial charge in [-0.05, 0) is 23.6 Å². The lowest BCUT2D eigenvalue weighted by molar-refractivity contribution is 0.357. The molecule has 0 atom stereocenters. The molecular formula is C14H15N3OS. The summed E-state index contributed by atoms with van der Waals surface area (Å²) in [4.78, 5) is 4.50. The standard InChI is InChI=1S/C14H15N3OS/c15-13(19)14-16-5-7-17(14)6-3-10-1-2-12-11(9-10)4-8-18-12/h1-2,5,7,9H,3-4,6,8H2,(H2,15,19). The van der Waals surface area contributed by atoms with Gasteiger partial charge in [-0.3, -0.25) is 0 Å². The average Bonchev–Trinajstić information content (AvgIpc) is 3.04. The van der Waals surface area contributed by atoms with E-state index in [4.69, 9.17) is 22.7 Å². The second-order valence-electron chi connectivity index (χ2n) is 4.60. The topological polar surface area (TPSA) is 53.1 Å². The van der Waals surface area contributed by atoms with Crippen LogP contribution in [0.1, 0.15) is 17.0 Å².